The van der Waals surface area contributed by atoms with Crippen LogP contribution < -0.4 is 0 Å². The molecule has 592 valence electrons. The topological polar surface area (TPSA) is 141 Å². The number of rotatable bonds is 29. The van der Waals surface area contributed by atoms with Crippen LogP contribution in [0.4, 0.5) is 4.70 Å². The number of hydrogen-bond donors (Lipinski definition) is 3. The van der Waals surface area contributed by atoms with E-state index in [1.54, 1.807) is 5.57 Å². The third-order valence-electron chi connectivity index (χ3n) is 27.6. The van der Waals surface area contributed by atoms with Crippen molar-refractivity contribution in [1.29, 1.82) is 0 Å². The third kappa shape index (κ3) is 24.0. The van der Waals surface area contributed by atoms with Gasteiger partial charge < -0.3 is 38.1 Å². The van der Waals surface area contributed by atoms with Gasteiger partial charge in [-0.25, -0.2) is 9.59 Å². The quantitative estimate of drug-likeness (QED) is 0.0166. The lowest BCUT2D eigenvalue weighted by Gasteiger charge is -2.45. The van der Waals surface area contributed by atoms with Crippen molar-refractivity contribution in [2.75, 3.05) is 13.2 Å². The number of esters is 2. The highest BCUT2D eigenvalue weighted by atomic mass is 79.9. The predicted molar refractivity (Wildman–Crippen MR) is 444 cm³/mol. The summed E-state index contributed by atoms with van der Waals surface area (Å²) < 4.78 is 32.1. The van der Waals surface area contributed by atoms with E-state index in [-0.39, 0.29) is 91.9 Å². The molecule has 0 unspecified atom stereocenters. The number of ether oxygens (including phenoxy) is 2. The number of carbonyl (C=O) groups is 2. The van der Waals surface area contributed by atoms with Crippen molar-refractivity contribution in [2.24, 2.45) is 70.0 Å². The first-order valence-electron chi connectivity index (χ1n) is 40.7. The summed E-state index contributed by atoms with van der Waals surface area (Å²) in [5.74, 6) is 6.53. The molecular weight excluding hydrogens is 1400 g/mol. The first-order chi connectivity index (χ1) is 47.5. The zero-order valence-corrected chi connectivity index (χ0v) is 74.4. The number of hydrogen-bond acceptors (Lipinski definition) is 10. The summed E-state index contributed by atoms with van der Waals surface area (Å²) >= 11 is 3.62. The van der Waals surface area contributed by atoms with Gasteiger partial charge in [-0.3, -0.25) is 4.70 Å². The summed E-state index contributed by atoms with van der Waals surface area (Å²) in [6.07, 6.45) is 35.8. The summed E-state index contributed by atoms with van der Waals surface area (Å²) in [6.45, 7) is 69.9. The van der Waals surface area contributed by atoms with Crippen LogP contribution in [0, 0.1) is 82.4 Å². The van der Waals surface area contributed by atoms with E-state index in [0.29, 0.717) is 71.5 Å². The van der Waals surface area contributed by atoms with Crippen molar-refractivity contribution in [3.05, 3.63) is 83.0 Å². The largest absolute Gasteiger partial charge is 0.458 e. The SMILES string of the molecule is C#CC[C@@H](O[Si](C)(C)C(C)(C)C)[C@H](CCCO[Si](C)(C)C(C)(C)C)[C@@H](C=C)O[Si](C)(C)C(C)(C)C.C=C1/C(=C\C=C2/CCC[C@]3(C)[C@@H]([C@H](C)C[C@H]4OC(=O)C(=C)[C@@H]4CCCC)CC[C@@H]23)C[C@@H](O)[C@H](CCCO)[C@@H]1O.C=C1C(=O)O[C@H](C[C@@H](C)[C@H]2CC[C@H]3/C(=C/Br)CCC[C@]23C)[C@H]1CCCC.CC.F. The smallest absolute Gasteiger partial charge is 0.334 e. The van der Waals surface area contributed by atoms with Gasteiger partial charge in [-0.1, -0.05) is 208 Å². The normalized spacial score (nSPS) is 31.0. The van der Waals surface area contributed by atoms with Crippen LogP contribution in [0.5, 0.6) is 0 Å². The molecule has 7 aliphatic rings. The highest BCUT2D eigenvalue weighted by molar-refractivity contribution is 9.11. The molecule has 2 saturated heterocycles. The molecule has 0 radical (unpaired) electrons. The maximum absolute atomic E-state index is 12.3. The lowest BCUT2D eigenvalue weighted by Crippen LogP contribution is -2.50. The number of allylic oxidation sites excluding steroid dienone is 4. The first kappa shape index (κ1) is 94.7. The Labute approximate surface area is 642 Å². The number of fused-ring (bicyclic) bond motifs is 2. The number of terminal acetylenes is 1. The molecule has 0 spiro atoms. The second-order valence-corrected chi connectivity index (χ2v) is 52.0. The molecule has 0 aromatic heterocycles. The van der Waals surface area contributed by atoms with Crippen LogP contribution in [0.1, 0.15) is 272 Å². The van der Waals surface area contributed by atoms with Gasteiger partial charge in [0, 0.05) is 54.5 Å². The zero-order chi connectivity index (χ0) is 77.3. The first-order valence-corrected chi connectivity index (χ1v) is 50.3. The maximum atomic E-state index is 12.3. The van der Waals surface area contributed by atoms with E-state index >= 15 is 0 Å². The molecule has 2 aliphatic heterocycles. The molecule has 0 aromatic rings. The third-order valence-corrected chi connectivity index (χ3v) is 41.7. The van der Waals surface area contributed by atoms with Crippen LogP contribution in [0.2, 0.25) is 54.4 Å². The molecule has 0 bridgehead atoms. The van der Waals surface area contributed by atoms with Gasteiger partial charge in [-0.2, -0.15) is 0 Å². The molecule has 7 rings (SSSR count). The molecule has 10 nitrogen and oxygen atoms in total. The van der Waals surface area contributed by atoms with E-state index in [9.17, 15) is 24.9 Å². The number of halogens is 2. The van der Waals surface area contributed by atoms with Crippen molar-refractivity contribution < 1.29 is 52.4 Å². The van der Waals surface area contributed by atoms with Gasteiger partial charge >= 0.3 is 11.9 Å². The highest BCUT2D eigenvalue weighted by Gasteiger charge is 2.54. The van der Waals surface area contributed by atoms with Crippen molar-refractivity contribution >= 4 is 52.8 Å². The molecule has 0 aromatic carbocycles. The standard InChI is InChI=1S/C34H52O5.C29H60O3Si3.C23H35BrO2.C2H6.FH/c1-6-7-11-26-23(4)33(38)39-31(26)19-21(2)28-15-16-29-24(10-8-17-34(28,29)5)13-14-25-20-30(36)27(12-9-18-35)32(37)22(25)3;1-18-21-26(32-35(16,17)29(9,10)11)24(22-20-23-30-33(12,13)27(3,4)5)25(19-2)31-34(14,15)28(6,7)8;1-5-6-9-18-16(3)22(25)26-21(18)13-15(2)19-10-11-20-17(14-24)8-7-12-23(19,20)4;1-2;/h13-14,21,26-32,35-37H,3-4,6-12,15-20H2,1-2,5H3;1,19,24-26H,2,20-23H2,3-17H3;14-15,18-21H,3,5-13H2,1-2,4H3;1-2H3;1H/b24-13+,25-14-;;17-14+;;/t21-,26+,27+,28-,29+,30-,31-,32-,34-;24-,25-,26-;15-,18+,19-,20+,21-,23-;;/m111../s1. The van der Waals surface area contributed by atoms with Gasteiger partial charge in [0.1, 0.15) is 12.2 Å². The van der Waals surface area contributed by atoms with Crippen LogP contribution in [0.15, 0.2) is 83.0 Å². The van der Waals surface area contributed by atoms with Crippen LogP contribution in [0.3, 0.4) is 0 Å². The van der Waals surface area contributed by atoms with Gasteiger partial charge in [-0.15, -0.1) is 18.9 Å². The predicted octanol–water partition coefficient (Wildman–Crippen LogP) is 23.8. The van der Waals surface area contributed by atoms with Gasteiger partial charge in [-0.05, 0) is 239 Å². The van der Waals surface area contributed by atoms with Gasteiger partial charge in [0.15, 0.2) is 25.0 Å². The lowest BCUT2D eigenvalue weighted by molar-refractivity contribution is -0.141. The second-order valence-electron chi connectivity index (χ2n) is 37.3. The summed E-state index contributed by atoms with van der Waals surface area (Å²) in [7, 11) is -5.81. The molecule has 7 fully saturated rings. The fourth-order valence-electron chi connectivity index (χ4n) is 18.2. The average molecular weight is 1560 g/mol. The molecule has 15 heteroatoms. The monoisotopic (exact) mass is 1550 g/mol. The molecule has 5 aliphatic carbocycles. The Morgan fingerprint density at radius 2 is 1.14 bits per heavy atom. The summed E-state index contributed by atoms with van der Waals surface area (Å²) in [4.78, 5) is 26.6. The fraction of sp³-hybridized carbons (Fsp3) is 0.795. The fourth-order valence-corrected chi connectivity index (χ4v) is 22.5. The number of aliphatic hydroxyl groups excluding tert-OH is 3. The van der Waals surface area contributed by atoms with Crippen LogP contribution in [-0.4, -0.2) is 102 Å². The number of carbonyl (C=O) groups excluding carboxylic acids is 2. The number of unbranched alkanes of at least 4 members (excludes halogenated alkanes) is 2. The van der Waals surface area contributed by atoms with Crippen molar-refractivity contribution in [3.8, 4) is 12.3 Å². The Hall–Kier alpha value is -2.50. The Bertz CT molecular complexity index is 2870. The van der Waals surface area contributed by atoms with E-state index in [1.807, 2.05) is 19.9 Å². The van der Waals surface area contributed by atoms with Crippen molar-refractivity contribution in [2.45, 2.75) is 363 Å². The van der Waals surface area contributed by atoms with Gasteiger partial charge in [0.2, 0.25) is 0 Å². The number of aliphatic hydroxyl groups is 3. The minimum atomic E-state index is -2.02. The minimum absolute atomic E-state index is 0. The summed E-state index contributed by atoms with van der Waals surface area (Å²) in [5, 5.41) is 31.1. The second kappa shape index (κ2) is 41.0. The lowest BCUT2D eigenvalue weighted by atomic mass is 9.60. The van der Waals surface area contributed by atoms with Crippen molar-refractivity contribution in [3.63, 3.8) is 0 Å². The Kier molecular flexibility index (Phi) is 37.7. The summed E-state index contributed by atoms with van der Waals surface area (Å²) in [5.41, 5.74) is 6.80. The minimum Gasteiger partial charge on any atom is -0.458 e. The van der Waals surface area contributed by atoms with E-state index in [0.717, 1.165) is 94.6 Å². The Morgan fingerprint density at radius 3 is 1.56 bits per heavy atom. The number of cyclic esters (lactones) is 2. The maximum Gasteiger partial charge on any atom is 0.334 e. The average Bonchev–Trinajstić information content (AvgIpc) is 1.63. The molecule has 2 heterocycles. The van der Waals surface area contributed by atoms with Crippen molar-refractivity contribution in [1.82, 2.24) is 0 Å². The molecule has 0 amide bonds. The molecule has 3 N–H and O–H groups in total. The van der Waals surface area contributed by atoms with E-state index in [4.69, 9.17) is 29.2 Å². The van der Waals surface area contributed by atoms with Gasteiger partial charge in [0.25, 0.3) is 0 Å². The zero-order valence-electron chi connectivity index (χ0n) is 69.8. The van der Waals surface area contributed by atoms with Crippen LogP contribution in [0.25, 0.3) is 0 Å². The highest BCUT2D eigenvalue weighted by Crippen LogP contribution is 2.62. The van der Waals surface area contributed by atoms with E-state index < -0.39 is 37.2 Å². The molecule has 5 saturated carbocycles. The van der Waals surface area contributed by atoms with Crippen LogP contribution in [-0.2, 0) is 32.3 Å². The summed E-state index contributed by atoms with van der Waals surface area (Å²) in [6, 6.07) is 0. The molecular formula is C88H154BrFO10Si3. The molecule has 103 heavy (non-hydrogen) atoms. The van der Waals surface area contributed by atoms with E-state index in [1.165, 1.54) is 63.4 Å². The Balaban J connectivity index is 0.000000402. The molecule has 18 atom stereocenters. The van der Waals surface area contributed by atoms with E-state index in [2.05, 4.69) is 208 Å². The Morgan fingerprint density at radius 1 is 0.680 bits per heavy atom. The van der Waals surface area contributed by atoms with Crippen LogP contribution >= 0.6 is 15.9 Å². The van der Waals surface area contributed by atoms with Gasteiger partial charge in [0.05, 0.1) is 24.4 Å².